The summed E-state index contributed by atoms with van der Waals surface area (Å²) in [5.41, 5.74) is 14.3. The van der Waals surface area contributed by atoms with Gasteiger partial charge in [-0.3, -0.25) is 0 Å². The van der Waals surface area contributed by atoms with E-state index in [1.807, 2.05) is 6.07 Å². The average molecular weight is 733 g/mol. The lowest BCUT2D eigenvalue weighted by Gasteiger charge is -2.44. The molecule has 0 unspecified atom stereocenters. The Morgan fingerprint density at radius 2 is 1.22 bits per heavy atom. The molecule has 0 bridgehead atoms. The average Bonchev–Trinajstić information content (AvgIpc) is 3.96. The van der Waals surface area contributed by atoms with Crippen LogP contribution in [0.15, 0.2) is 71.1 Å². The molecule has 0 spiro atoms. The van der Waals surface area contributed by atoms with Gasteiger partial charge in [-0.25, -0.2) is 0 Å². The lowest BCUT2D eigenvalue weighted by atomic mass is 9.35. The number of nitrogens with zero attached hydrogens (tertiary/aromatic N) is 2. The molecule has 0 atom stereocenters. The fraction of sp³-hybridized carbons (Fsp3) is 0.289. The van der Waals surface area contributed by atoms with E-state index in [-0.39, 0.29) is 37.9 Å². The summed E-state index contributed by atoms with van der Waals surface area (Å²) >= 11 is 0. The molecular formula is C45H41BN2O7. The SMILES string of the molecule is Cc1cc2c(c(C)c1N1c3cc(C(C)(C)C)cc4c3B(c3cc5c(cc3N4c3ccc4c(c3)OCO4)OCO5)c3oc4ccc(C(C)(C)C)cc4c31)OCO2. The molecular weight excluding hydrogens is 691 g/mol. The zero-order valence-electron chi connectivity index (χ0n) is 32.3. The fourth-order valence-corrected chi connectivity index (χ4v) is 9.00. The van der Waals surface area contributed by atoms with Crippen LogP contribution in [0.2, 0.25) is 0 Å². The van der Waals surface area contributed by atoms with Crippen molar-refractivity contribution in [3.8, 4) is 34.5 Å². The number of anilines is 6. The minimum Gasteiger partial charge on any atom is -0.468 e. The molecule has 0 aliphatic carbocycles. The first-order chi connectivity index (χ1) is 26.3. The minimum absolute atomic E-state index is 0.0760. The van der Waals surface area contributed by atoms with Gasteiger partial charge in [0.15, 0.2) is 34.5 Å². The normalized spacial score (nSPS) is 15.8. The number of fused-ring (bicyclic) bond motifs is 9. The zero-order chi connectivity index (χ0) is 37.7. The second-order valence-electron chi connectivity index (χ2n) is 17.3. The van der Waals surface area contributed by atoms with Gasteiger partial charge in [0.2, 0.25) is 20.4 Å². The Balaban J connectivity index is 1.30. The largest absolute Gasteiger partial charge is 0.468 e. The maximum Gasteiger partial charge on any atom is 0.297 e. The fourth-order valence-electron chi connectivity index (χ4n) is 9.00. The van der Waals surface area contributed by atoms with Gasteiger partial charge >= 0.3 is 0 Å². The lowest BCUT2D eigenvalue weighted by Crippen LogP contribution is -2.61. The molecule has 6 heterocycles. The van der Waals surface area contributed by atoms with Crippen LogP contribution in [0.3, 0.4) is 0 Å². The second-order valence-corrected chi connectivity index (χ2v) is 17.3. The van der Waals surface area contributed by atoms with Gasteiger partial charge in [0, 0.05) is 40.1 Å². The third-order valence-corrected chi connectivity index (χ3v) is 11.8. The van der Waals surface area contributed by atoms with E-state index in [1.165, 1.54) is 11.1 Å². The number of benzene rings is 5. The van der Waals surface area contributed by atoms with E-state index < -0.39 is 0 Å². The number of ether oxygens (including phenoxy) is 6. The van der Waals surface area contributed by atoms with Gasteiger partial charge in [0.25, 0.3) is 6.71 Å². The number of hydrogen-bond acceptors (Lipinski definition) is 9. The zero-order valence-corrected chi connectivity index (χ0v) is 32.3. The molecule has 5 aliphatic rings. The van der Waals surface area contributed by atoms with E-state index >= 15 is 0 Å². The van der Waals surface area contributed by atoms with Crippen molar-refractivity contribution in [3.05, 3.63) is 89.0 Å². The molecule has 55 heavy (non-hydrogen) atoms. The van der Waals surface area contributed by atoms with Crippen molar-refractivity contribution >= 4 is 68.4 Å². The topological polar surface area (TPSA) is 75.0 Å². The van der Waals surface area contributed by atoms with Crippen molar-refractivity contribution in [1.29, 1.82) is 0 Å². The highest BCUT2D eigenvalue weighted by Gasteiger charge is 2.49. The number of aryl methyl sites for hydroxylation is 1. The minimum atomic E-state index is -0.264. The predicted octanol–water partition coefficient (Wildman–Crippen LogP) is 8.91. The summed E-state index contributed by atoms with van der Waals surface area (Å²) in [5.74, 6) is 4.42. The standard InChI is InChI=1S/C45H41BN2O7/c1-23-13-38-42(54-22-53-38)24(2)40(23)48-32-16-26(45(6,7)8)15-31-39(32)46(43-41(48)28-14-25(44(3,4)5)9-11-33(28)55-43)29-18-36-37(52-21-51-36)19-30(29)47(31)27-10-12-34-35(17-27)50-20-49-34/h9-19H,20-22H2,1-8H3. The first kappa shape index (κ1) is 32.5. The summed E-state index contributed by atoms with van der Waals surface area (Å²) < 4.78 is 43.1. The number of rotatable bonds is 2. The highest BCUT2D eigenvalue weighted by Crippen LogP contribution is 2.54. The molecule has 0 amide bonds. The van der Waals surface area contributed by atoms with Crippen LogP contribution in [0.5, 0.6) is 34.5 Å². The highest BCUT2D eigenvalue weighted by atomic mass is 16.7. The Labute approximate surface area is 320 Å². The van der Waals surface area contributed by atoms with Crippen LogP contribution < -0.4 is 54.8 Å². The molecule has 0 radical (unpaired) electrons. The number of furan rings is 1. The Hall–Kier alpha value is -5.90. The molecule has 10 heteroatoms. The van der Waals surface area contributed by atoms with Crippen molar-refractivity contribution < 1.29 is 32.8 Å². The van der Waals surface area contributed by atoms with Crippen LogP contribution in [0.25, 0.3) is 11.0 Å². The van der Waals surface area contributed by atoms with Gasteiger partial charge < -0.3 is 42.6 Å². The molecule has 5 aliphatic heterocycles. The molecule has 1 aromatic heterocycles. The summed E-state index contributed by atoms with van der Waals surface area (Å²) in [6.07, 6.45) is 0. The molecule has 0 N–H and O–H groups in total. The van der Waals surface area contributed by atoms with Gasteiger partial charge in [-0.05, 0) is 101 Å². The predicted molar refractivity (Wildman–Crippen MR) is 215 cm³/mol. The maximum absolute atomic E-state index is 7.18. The maximum atomic E-state index is 7.18. The molecule has 0 saturated heterocycles. The Kier molecular flexibility index (Phi) is 6.43. The van der Waals surface area contributed by atoms with Crippen LogP contribution in [0, 0.1) is 13.8 Å². The first-order valence-electron chi connectivity index (χ1n) is 18.9. The Bertz CT molecular complexity index is 2670. The van der Waals surface area contributed by atoms with Crippen LogP contribution in [-0.2, 0) is 10.8 Å². The second kappa shape index (κ2) is 10.9. The smallest absolute Gasteiger partial charge is 0.297 e. The summed E-state index contributed by atoms with van der Waals surface area (Å²) in [6, 6.07) is 23.9. The molecule has 0 saturated carbocycles. The summed E-state index contributed by atoms with van der Waals surface area (Å²) in [6.45, 7) is 18.2. The first-order valence-corrected chi connectivity index (χ1v) is 18.9. The van der Waals surface area contributed by atoms with Gasteiger partial charge in [-0.1, -0.05) is 47.6 Å². The number of hydrogen-bond donors (Lipinski definition) is 0. The monoisotopic (exact) mass is 732 g/mol. The van der Waals surface area contributed by atoms with E-state index in [1.54, 1.807) is 0 Å². The van der Waals surface area contributed by atoms with Gasteiger partial charge in [-0.15, -0.1) is 0 Å². The van der Waals surface area contributed by atoms with E-state index in [0.29, 0.717) is 11.5 Å². The summed E-state index contributed by atoms with van der Waals surface area (Å²) in [7, 11) is 0. The van der Waals surface area contributed by atoms with E-state index in [2.05, 4.69) is 126 Å². The van der Waals surface area contributed by atoms with E-state index in [0.717, 1.165) is 95.8 Å². The van der Waals surface area contributed by atoms with Gasteiger partial charge in [0.1, 0.15) is 5.58 Å². The van der Waals surface area contributed by atoms with Crippen LogP contribution in [0.1, 0.15) is 63.8 Å². The Morgan fingerprint density at radius 3 is 1.96 bits per heavy atom. The summed E-state index contributed by atoms with van der Waals surface area (Å²) in [4.78, 5) is 4.79. The molecule has 276 valence electrons. The van der Waals surface area contributed by atoms with E-state index in [9.17, 15) is 0 Å². The van der Waals surface area contributed by atoms with Crippen molar-refractivity contribution in [1.82, 2.24) is 0 Å². The molecule has 6 aromatic rings. The summed E-state index contributed by atoms with van der Waals surface area (Å²) in [5, 5.41) is 1.06. The van der Waals surface area contributed by atoms with Crippen molar-refractivity contribution in [2.75, 3.05) is 30.2 Å². The third-order valence-electron chi connectivity index (χ3n) is 11.8. The van der Waals surface area contributed by atoms with Crippen molar-refractivity contribution in [3.63, 3.8) is 0 Å². The molecule has 0 fully saturated rings. The van der Waals surface area contributed by atoms with Crippen molar-refractivity contribution in [2.24, 2.45) is 0 Å². The van der Waals surface area contributed by atoms with Gasteiger partial charge in [0.05, 0.1) is 22.7 Å². The van der Waals surface area contributed by atoms with Crippen molar-refractivity contribution in [2.45, 2.75) is 66.2 Å². The quantitative estimate of drug-likeness (QED) is 0.162. The highest BCUT2D eigenvalue weighted by molar-refractivity contribution is 7.00. The van der Waals surface area contributed by atoms with Crippen LogP contribution >= 0.6 is 0 Å². The molecule has 9 nitrogen and oxygen atoms in total. The van der Waals surface area contributed by atoms with E-state index in [4.69, 9.17) is 32.8 Å². The molecule has 11 rings (SSSR count). The Morgan fingerprint density at radius 1 is 0.564 bits per heavy atom. The third kappa shape index (κ3) is 4.54. The van der Waals surface area contributed by atoms with Crippen LogP contribution in [-0.4, -0.2) is 27.1 Å². The lowest BCUT2D eigenvalue weighted by molar-refractivity contribution is 0.173. The van der Waals surface area contributed by atoms with Gasteiger partial charge in [-0.2, -0.15) is 0 Å². The van der Waals surface area contributed by atoms with Crippen LogP contribution in [0.4, 0.5) is 34.1 Å². The molecule has 5 aromatic carbocycles.